The van der Waals surface area contributed by atoms with Gasteiger partial charge in [0.1, 0.15) is 11.4 Å². The highest BCUT2D eigenvalue weighted by atomic mass is 19.1. The molecule has 3 heteroatoms. The molecule has 0 spiro atoms. The van der Waals surface area contributed by atoms with E-state index >= 15 is 0 Å². The number of aliphatic hydroxyl groups is 1. The molecule has 1 atom stereocenters. The zero-order chi connectivity index (χ0) is 11.5. The van der Waals surface area contributed by atoms with Crippen molar-refractivity contribution in [1.29, 1.82) is 0 Å². The minimum absolute atomic E-state index is 0.101. The van der Waals surface area contributed by atoms with Crippen molar-refractivity contribution in [2.75, 3.05) is 13.2 Å². The Hall–Kier alpha value is -0.930. The van der Waals surface area contributed by atoms with Gasteiger partial charge >= 0.3 is 0 Å². The molecular weight excluding hydrogens is 195 g/mol. The van der Waals surface area contributed by atoms with E-state index in [-0.39, 0.29) is 12.2 Å². The molecule has 0 amide bonds. The fourth-order valence-electron chi connectivity index (χ4n) is 1.43. The second-order valence-electron chi connectivity index (χ2n) is 3.89. The van der Waals surface area contributed by atoms with E-state index in [4.69, 9.17) is 4.74 Å². The normalized spacial score (nSPS) is 15.0. The van der Waals surface area contributed by atoms with Crippen LogP contribution in [0.5, 0.6) is 0 Å². The molecule has 84 valence electrons. The van der Waals surface area contributed by atoms with Crippen LogP contribution in [-0.4, -0.2) is 18.3 Å². The largest absolute Gasteiger partial charge is 0.383 e. The van der Waals surface area contributed by atoms with Gasteiger partial charge in [-0.3, -0.25) is 0 Å². The van der Waals surface area contributed by atoms with Gasteiger partial charge in [0.05, 0.1) is 6.61 Å². The fourth-order valence-corrected chi connectivity index (χ4v) is 1.43. The van der Waals surface area contributed by atoms with Crippen molar-refractivity contribution in [3.05, 3.63) is 35.1 Å². The lowest BCUT2D eigenvalue weighted by atomic mass is 9.95. The Labute approximate surface area is 89.7 Å². The summed E-state index contributed by atoms with van der Waals surface area (Å²) in [6, 6.07) is 4.69. The van der Waals surface area contributed by atoms with E-state index in [0.717, 1.165) is 5.56 Å². The van der Waals surface area contributed by atoms with Crippen LogP contribution in [0.1, 0.15) is 25.0 Å². The molecular formula is C12H17FO2. The minimum atomic E-state index is -1.27. The standard InChI is InChI=1S/C12H17FO2/c1-4-15-8-12(3,14)10-7-9(2)5-6-11(10)13/h5-7,14H,4,8H2,1-3H3. The molecule has 1 unspecified atom stereocenters. The van der Waals surface area contributed by atoms with Crippen molar-refractivity contribution in [2.45, 2.75) is 26.4 Å². The second kappa shape index (κ2) is 4.73. The molecule has 0 aliphatic heterocycles. The summed E-state index contributed by atoms with van der Waals surface area (Å²) in [6.07, 6.45) is 0. The smallest absolute Gasteiger partial charge is 0.129 e. The molecule has 1 aromatic rings. The zero-order valence-corrected chi connectivity index (χ0v) is 9.38. The Morgan fingerprint density at radius 3 is 2.73 bits per heavy atom. The van der Waals surface area contributed by atoms with Crippen molar-refractivity contribution in [2.24, 2.45) is 0 Å². The van der Waals surface area contributed by atoms with Crippen LogP contribution in [0.2, 0.25) is 0 Å². The van der Waals surface area contributed by atoms with Gasteiger partial charge < -0.3 is 9.84 Å². The molecule has 15 heavy (non-hydrogen) atoms. The van der Waals surface area contributed by atoms with Gasteiger partial charge in [-0.2, -0.15) is 0 Å². The van der Waals surface area contributed by atoms with Crippen molar-refractivity contribution in [3.63, 3.8) is 0 Å². The summed E-state index contributed by atoms with van der Waals surface area (Å²) in [7, 11) is 0. The summed E-state index contributed by atoms with van der Waals surface area (Å²) in [5, 5.41) is 10.1. The van der Waals surface area contributed by atoms with Gasteiger partial charge in [-0.1, -0.05) is 17.7 Å². The molecule has 0 aliphatic rings. The first-order chi connectivity index (χ1) is 6.97. The quantitative estimate of drug-likeness (QED) is 0.830. The van der Waals surface area contributed by atoms with E-state index < -0.39 is 11.4 Å². The SMILES string of the molecule is CCOCC(C)(O)c1cc(C)ccc1F. The third-order valence-corrected chi connectivity index (χ3v) is 2.29. The highest BCUT2D eigenvalue weighted by Crippen LogP contribution is 2.24. The van der Waals surface area contributed by atoms with E-state index in [1.807, 2.05) is 13.8 Å². The lowest BCUT2D eigenvalue weighted by Gasteiger charge is -2.24. The number of ether oxygens (including phenoxy) is 1. The van der Waals surface area contributed by atoms with Crippen molar-refractivity contribution >= 4 is 0 Å². The summed E-state index contributed by atoms with van der Waals surface area (Å²) in [5.74, 6) is -0.398. The first-order valence-electron chi connectivity index (χ1n) is 5.04. The van der Waals surface area contributed by atoms with E-state index in [1.165, 1.54) is 6.07 Å². The fraction of sp³-hybridized carbons (Fsp3) is 0.500. The molecule has 0 saturated carbocycles. The van der Waals surface area contributed by atoms with Gasteiger partial charge in [0.2, 0.25) is 0 Å². The third-order valence-electron chi connectivity index (χ3n) is 2.29. The lowest BCUT2D eigenvalue weighted by Crippen LogP contribution is -2.29. The van der Waals surface area contributed by atoms with Crippen LogP contribution in [-0.2, 0) is 10.3 Å². The van der Waals surface area contributed by atoms with Crippen LogP contribution in [0.25, 0.3) is 0 Å². The predicted octanol–water partition coefficient (Wildman–Crippen LogP) is 2.38. The van der Waals surface area contributed by atoms with Crippen LogP contribution in [0.4, 0.5) is 4.39 Å². The van der Waals surface area contributed by atoms with E-state index in [9.17, 15) is 9.50 Å². The number of hydrogen-bond acceptors (Lipinski definition) is 2. The Balaban J connectivity index is 2.97. The highest BCUT2D eigenvalue weighted by molar-refractivity contribution is 5.28. The molecule has 0 radical (unpaired) electrons. The van der Waals surface area contributed by atoms with Crippen LogP contribution in [0.3, 0.4) is 0 Å². The molecule has 1 rings (SSSR count). The van der Waals surface area contributed by atoms with Crippen molar-refractivity contribution in [3.8, 4) is 0 Å². The number of halogens is 1. The number of hydrogen-bond donors (Lipinski definition) is 1. The molecule has 0 bridgehead atoms. The summed E-state index contributed by atoms with van der Waals surface area (Å²) < 4.78 is 18.6. The molecule has 1 N–H and O–H groups in total. The lowest BCUT2D eigenvalue weighted by molar-refractivity contribution is -0.0365. The van der Waals surface area contributed by atoms with E-state index in [2.05, 4.69) is 0 Å². The Morgan fingerprint density at radius 1 is 1.47 bits per heavy atom. The maximum absolute atomic E-state index is 13.5. The van der Waals surface area contributed by atoms with Crippen molar-refractivity contribution in [1.82, 2.24) is 0 Å². The second-order valence-corrected chi connectivity index (χ2v) is 3.89. The average molecular weight is 212 g/mol. The first kappa shape index (κ1) is 12.1. The molecule has 2 nitrogen and oxygen atoms in total. The summed E-state index contributed by atoms with van der Waals surface area (Å²) in [5.41, 5.74) is -0.0642. The van der Waals surface area contributed by atoms with Gasteiger partial charge in [-0.05, 0) is 26.8 Å². The highest BCUT2D eigenvalue weighted by Gasteiger charge is 2.26. The Morgan fingerprint density at radius 2 is 2.13 bits per heavy atom. The van der Waals surface area contributed by atoms with Crippen molar-refractivity contribution < 1.29 is 14.2 Å². The Bertz CT molecular complexity index is 334. The number of aryl methyl sites for hydroxylation is 1. The van der Waals surface area contributed by atoms with Crippen LogP contribution < -0.4 is 0 Å². The predicted molar refractivity (Wildman–Crippen MR) is 57.2 cm³/mol. The van der Waals surface area contributed by atoms with E-state index in [1.54, 1.807) is 19.1 Å². The number of benzene rings is 1. The van der Waals surface area contributed by atoms with Crippen LogP contribution in [0.15, 0.2) is 18.2 Å². The van der Waals surface area contributed by atoms with Gasteiger partial charge in [-0.15, -0.1) is 0 Å². The maximum Gasteiger partial charge on any atom is 0.129 e. The first-order valence-corrected chi connectivity index (χ1v) is 5.04. The summed E-state index contributed by atoms with van der Waals surface area (Å²) >= 11 is 0. The van der Waals surface area contributed by atoms with Crippen LogP contribution >= 0.6 is 0 Å². The van der Waals surface area contributed by atoms with Gasteiger partial charge in [-0.25, -0.2) is 4.39 Å². The summed E-state index contributed by atoms with van der Waals surface area (Å²) in [4.78, 5) is 0. The monoisotopic (exact) mass is 212 g/mol. The van der Waals surface area contributed by atoms with Gasteiger partial charge in [0, 0.05) is 12.2 Å². The van der Waals surface area contributed by atoms with Gasteiger partial charge in [0.25, 0.3) is 0 Å². The molecule has 0 aliphatic carbocycles. The van der Waals surface area contributed by atoms with Crippen LogP contribution in [0, 0.1) is 12.7 Å². The van der Waals surface area contributed by atoms with Gasteiger partial charge in [0.15, 0.2) is 0 Å². The topological polar surface area (TPSA) is 29.5 Å². The summed E-state index contributed by atoms with van der Waals surface area (Å²) in [6.45, 7) is 5.86. The molecule has 0 aromatic heterocycles. The third kappa shape index (κ3) is 3.01. The van der Waals surface area contributed by atoms with E-state index in [0.29, 0.717) is 6.61 Å². The number of rotatable bonds is 4. The molecule has 0 saturated heterocycles. The zero-order valence-electron chi connectivity index (χ0n) is 9.38. The maximum atomic E-state index is 13.5. The minimum Gasteiger partial charge on any atom is -0.383 e. The average Bonchev–Trinajstić information content (AvgIpc) is 2.18. The Kier molecular flexibility index (Phi) is 3.83. The molecule has 1 aromatic carbocycles. The molecule has 0 fully saturated rings. The molecule has 0 heterocycles.